The van der Waals surface area contributed by atoms with Crippen molar-refractivity contribution in [3.05, 3.63) is 72.8 Å². The predicted octanol–water partition coefficient (Wildman–Crippen LogP) is 7.47. The third-order valence-electron chi connectivity index (χ3n) is 6.44. The Bertz CT molecular complexity index is 1750. The molecule has 0 aliphatic heterocycles. The highest BCUT2D eigenvalue weighted by atomic mass is 16.5. The number of nitrogens with two attached hydrogens (primary N) is 2. The van der Waals surface area contributed by atoms with Crippen molar-refractivity contribution in [2.45, 2.75) is 13.8 Å². The molecule has 0 atom stereocenters. The lowest BCUT2D eigenvalue weighted by atomic mass is 10.1. The van der Waals surface area contributed by atoms with Crippen molar-refractivity contribution in [3.8, 4) is 11.5 Å². The van der Waals surface area contributed by atoms with Crippen molar-refractivity contribution in [1.82, 2.24) is 9.97 Å². The number of hydrogen-bond acceptors (Lipinski definition) is 8. The average molecular weight is 503 g/mol. The maximum Gasteiger partial charge on any atom is 0.120 e. The number of nitrogens with zero attached hydrogens (tertiary/aromatic N) is 4. The zero-order chi connectivity index (χ0) is 26.2. The second kappa shape index (κ2) is 9.48. The zero-order valence-corrected chi connectivity index (χ0v) is 21.1. The molecule has 2 aromatic heterocycles. The van der Waals surface area contributed by atoms with E-state index in [1.165, 1.54) is 0 Å². The largest absolute Gasteiger partial charge is 0.494 e. The number of hydrogen-bond donors (Lipinski definition) is 2. The third-order valence-corrected chi connectivity index (χ3v) is 6.44. The Hall–Kier alpha value is -4.98. The van der Waals surface area contributed by atoms with E-state index in [1.807, 2.05) is 86.6 Å². The Labute approximate surface area is 218 Å². The molecule has 4 aromatic carbocycles. The molecule has 0 fully saturated rings. The quantitative estimate of drug-likeness (QED) is 0.180. The van der Waals surface area contributed by atoms with Gasteiger partial charge in [-0.3, -0.25) is 0 Å². The van der Waals surface area contributed by atoms with Crippen molar-refractivity contribution in [3.63, 3.8) is 0 Å². The normalized spacial score (nSPS) is 11.7. The summed E-state index contributed by atoms with van der Waals surface area (Å²) in [5, 5.41) is 12.3. The van der Waals surface area contributed by atoms with Gasteiger partial charge in [0, 0.05) is 21.5 Å². The molecule has 0 bridgehead atoms. The number of ether oxygens (including phenoxy) is 2. The maximum atomic E-state index is 6.49. The predicted molar refractivity (Wildman–Crippen MR) is 154 cm³/mol. The summed E-state index contributed by atoms with van der Waals surface area (Å²) in [6, 6.07) is 22.8. The molecule has 0 radical (unpaired) electrons. The van der Waals surface area contributed by atoms with Crippen LogP contribution in [0.25, 0.3) is 43.6 Å². The van der Waals surface area contributed by atoms with Crippen molar-refractivity contribution < 1.29 is 9.47 Å². The Morgan fingerprint density at radius 2 is 1.00 bits per heavy atom. The summed E-state index contributed by atoms with van der Waals surface area (Å²) in [7, 11) is 0. The second-order valence-corrected chi connectivity index (χ2v) is 8.88. The number of aromatic nitrogens is 2. The van der Waals surface area contributed by atoms with Crippen molar-refractivity contribution in [2.24, 2.45) is 10.2 Å². The summed E-state index contributed by atoms with van der Waals surface area (Å²) in [6.45, 7) is 5.08. The van der Waals surface area contributed by atoms with Crippen molar-refractivity contribution in [2.75, 3.05) is 24.7 Å². The third kappa shape index (κ3) is 4.16. The maximum absolute atomic E-state index is 6.49. The standard InChI is InChI=1S/C30H26N6O2/c1-3-37-19-7-11-25-23(15-19)29(31)21-9-5-17(13-27(21)33-25)35-36-18-6-10-22-28(14-18)34-26-12-8-20(38-4-2)16-24(26)30(22)32/h5-16H,3-4H2,1-2H3,(H2,31,33)(H2,32,34)/b36-35+. The van der Waals surface area contributed by atoms with Crippen LogP contribution in [0.1, 0.15) is 13.8 Å². The first kappa shape index (κ1) is 23.4. The van der Waals surface area contributed by atoms with E-state index in [-0.39, 0.29) is 0 Å². The minimum Gasteiger partial charge on any atom is -0.494 e. The fourth-order valence-corrected chi connectivity index (χ4v) is 4.64. The van der Waals surface area contributed by atoms with E-state index in [0.29, 0.717) is 36.0 Å². The number of pyridine rings is 2. The summed E-state index contributed by atoms with van der Waals surface area (Å²) in [5.74, 6) is 1.54. The van der Waals surface area contributed by atoms with Crippen LogP contribution >= 0.6 is 0 Å². The van der Waals surface area contributed by atoms with Gasteiger partial charge in [-0.05, 0) is 86.6 Å². The van der Waals surface area contributed by atoms with Crippen LogP contribution in [0.3, 0.4) is 0 Å². The van der Waals surface area contributed by atoms with Crippen LogP contribution in [0, 0.1) is 0 Å². The summed E-state index contributed by atoms with van der Waals surface area (Å²) in [5.41, 5.74) is 18.7. The lowest BCUT2D eigenvalue weighted by Gasteiger charge is -2.10. The van der Waals surface area contributed by atoms with E-state index in [0.717, 1.165) is 55.1 Å². The summed E-state index contributed by atoms with van der Waals surface area (Å²) < 4.78 is 11.2. The topological polar surface area (TPSA) is 121 Å². The first-order chi connectivity index (χ1) is 18.5. The fraction of sp³-hybridized carbons (Fsp3) is 0.133. The van der Waals surface area contributed by atoms with E-state index in [2.05, 4.69) is 10.2 Å². The van der Waals surface area contributed by atoms with Gasteiger partial charge >= 0.3 is 0 Å². The van der Waals surface area contributed by atoms with Gasteiger partial charge in [0.1, 0.15) is 11.5 Å². The van der Waals surface area contributed by atoms with Crippen LogP contribution in [-0.2, 0) is 0 Å². The fourth-order valence-electron chi connectivity index (χ4n) is 4.64. The molecule has 38 heavy (non-hydrogen) atoms. The first-order valence-electron chi connectivity index (χ1n) is 12.5. The molecule has 188 valence electrons. The first-order valence-corrected chi connectivity index (χ1v) is 12.5. The molecule has 0 unspecified atom stereocenters. The molecular formula is C30H26N6O2. The Morgan fingerprint density at radius 3 is 1.42 bits per heavy atom. The average Bonchev–Trinajstić information content (AvgIpc) is 2.93. The van der Waals surface area contributed by atoms with E-state index < -0.39 is 0 Å². The number of fused-ring (bicyclic) bond motifs is 4. The summed E-state index contributed by atoms with van der Waals surface area (Å²) >= 11 is 0. The van der Waals surface area contributed by atoms with Gasteiger partial charge < -0.3 is 20.9 Å². The highest BCUT2D eigenvalue weighted by molar-refractivity contribution is 6.08. The van der Waals surface area contributed by atoms with Gasteiger partial charge in [-0.1, -0.05) is 0 Å². The van der Waals surface area contributed by atoms with E-state index in [9.17, 15) is 0 Å². The number of anilines is 2. The molecular weight excluding hydrogens is 476 g/mol. The molecule has 8 heteroatoms. The zero-order valence-electron chi connectivity index (χ0n) is 21.1. The number of nitrogen functional groups attached to an aromatic ring is 2. The minimum atomic E-state index is 0.591. The SMILES string of the molecule is CCOc1ccc2nc3cc(/N=N/c4ccc5c(N)c6cc(OCC)ccc6nc5c4)ccc3c(N)c2c1. The molecule has 6 rings (SSSR count). The Morgan fingerprint density at radius 1 is 0.553 bits per heavy atom. The van der Waals surface area contributed by atoms with Crippen LogP contribution in [0.5, 0.6) is 11.5 Å². The van der Waals surface area contributed by atoms with E-state index in [4.69, 9.17) is 30.9 Å². The van der Waals surface area contributed by atoms with E-state index >= 15 is 0 Å². The monoisotopic (exact) mass is 502 g/mol. The Kier molecular flexibility index (Phi) is 5.84. The van der Waals surface area contributed by atoms with Gasteiger partial charge in [0.25, 0.3) is 0 Å². The van der Waals surface area contributed by atoms with Crippen LogP contribution in [-0.4, -0.2) is 23.2 Å². The van der Waals surface area contributed by atoms with Gasteiger partial charge in [-0.2, -0.15) is 10.2 Å². The van der Waals surface area contributed by atoms with E-state index in [1.54, 1.807) is 0 Å². The molecule has 0 amide bonds. The van der Waals surface area contributed by atoms with Crippen molar-refractivity contribution >= 4 is 66.4 Å². The molecule has 0 aliphatic rings. The number of azo groups is 1. The second-order valence-electron chi connectivity index (χ2n) is 8.88. The molecule has 0 spiro atoms. The highest BCUT2D eigenvalue weighted by Gasteiger charge is 2.10. The van der Waals surface area contributed by atoms with Crippen LogP contribution in [0.4, 0.5) is 22.7 Å². The molecule has 0 saturated carbocycles. The molecule has 4 N–H and O–H groups in total. The Balaban J connectivity index is 1.34. The molecule has 0 saturated heterocycles. The lowest BCUT2D eigenvalue weighted by Crippen LogP contribution is -1.95. The number of rotatable bonds is 6. The van der Waals surface area contributed by atoms with Crippen LogP contribution < -0.4 is 20.9 Å². The van der Waals surface area contributed by atoms with Gasteiger partial charge in [0.05, 0.1) is 58.0 Å². The van der Waals surface area contributed by atoms with Gasteiger partial charge in [-0.25, -0.2) is 9.97 Å². The number of benzene rings is 4. The van der Waals surface area contributed by atoms with Crippen molar-refractivity contribution in [1.29, 1.82) is 0 Å². The molecule has 2 heterocycles. The van der Waals surface area contributed by atoms with Crippen LogP contribution in [0.2, 0.25) is 0 Å². The smallest absolute Gasteiger partial charge is 0.120 e. The highest BCUT2D eigenvalue weighted by Crippen LogP contribution is 2.35. The summed E-state index contributed by atoms with van der Waals surface area (Å²) in [4.78, 5) is 9.57. The molecule has 8 nitrogen and oxygen atoms in total. The summed E-state index contributed by atoms with van der Waals surface area (Å²) in [6.07, 6.45) is 0. The van der Waals surface area contributed by atoms with Crippen LogP contribution in [0.15, 0.2) is 83.0 Å². The lowest BCUT2D eigenvalue weighted by molar-refractivity contribution is 0.340. The molecule has 0 aliphatic carbocycles. The van der Waals surface area contributed by atoms with Gasteiger partial charge in [0.2, 0.25) is 0 Å². The molecule has 6 aromatic rings. The van der Waals surface area contributed by atoms with Gasteiger partial charge in [0.15, 0.2) is 0 Å². The van der Waals surface area contributed by atoms with Gasteiger partial charge in [-0.15, -0.1) is 0 Å². The minimum absolute atomic E-state index is 0.591.